The van der Waals surface area contributed by atoms with Gasteiger partial charge in [-0.3, -0.25) is 15.5 Å². The standard InChI is InChI=1S/C13H17N3O3S/c1-18-11-4-2-3-10(9-11)12(17)14-13(20)15-16-5-7-19-8-6-16/h2-4,9H,5-8H2,1H3,(H2,14,15,17,20). The molecule has 1 aromatic carbocycles. The average molecular weight is 295 g/mol. The summed E-state index contributed by atoms with van der Waals surface area (Å²) in [7, 11) is 1.56. The van der Waals surface area contributed by atoms with E-state index in [0.717, 1.165) is 13.1 Å². The molecule has 0 spiro atoms. The lowest BCUT2D eigenvalue weighted by molar-refractivity contribution is 0.0247. The second-order valence-corrected chi connectivity index (χ2v) is 4.63. The van der Waals surface area contributed by atoms with Crippen molar-refractivity contribution in [1.29, 1.82) is 0 Å². The van der Waals surface area contributed by atoms with E-state index in [2.05, 4.69) is 10.7 Å². The van der Waals surface area contributed by atoms with Crippen LogP contribution in [0.15, 0.2) is 24.3 Å². The number of hydrazine groups is 1. The first-order chi connectivity index (χ1) is 9.69. The number of nitrogens with one attached hydrogen (secondary N) is 2. The lowest BCUT2D eigenvalue weighted by Crippen LogP contribution is -2.52. The van der Waals surface area contributed by atoms with Gasteiger partial charge in [-0.1, -0.05) is 6.07 Å². The largest absolute Gasteiger partial charge is 0.497 e. The van der Waals surface area contributed by atoms with Gasteiger partial charge < -0.3 is 9.47 Å². The number of rotatable bonds is 3. The van der Waals surface area contributed by atoms with Gasteiger partial charge in [0.25, 0.3) is 5.91 Å². The van der Waals surface area contributed by atoms with Gasteiger partial charge in [0.2, 0.25) is 0 Å². The summed E-state index contributed by atoms with van der Waals surface area (Å²) in [5, 5.41) is 4.83. The maximum absolute atomic E-state index is 12.0. The molecule has 1 aliphatic rings. The summed E-state index contributed by atoms with van der Waals surface area (Å²) in [6.07, 6.45) is 0. The molecule has 20 heavy (non-hydrogen) atoms. The maximum Gasteiger partial charge on any atom is 0.257 e. The van der Waals surface area contributed by atoms with Crippen molar-refractivity contribution in [3.05, 3.63) is 29.8 Å². The van der Waals surface area contributed by atoms with Crippen molar-refractivity contribution in [2.45, 2.75) is 0 Å². The molecule has 6 nitrogen and oxygen atoms in total. The van der Waals surface area contributed by atoms with Crippen LogP contribution in [0.1, 0.15) is 10.4 Å². The summed E-state index contributed by atoms with van der Waals surface area (Å²) in [6.45, 7) is 2.77. The summed E-state index contributed by atoms with van der Waals surface area (Å²) in [4.78, 5) is 12.0. The van der Waals surface area contributed by atoms with Crippen molar-refractivity contribution in [2.24, 2.45) is 0 Å². The van der Waals surface area contributed by atoms with E-state index in [1.54, 1.807) is 31.4 Å². The highest BCUT2D eigenvalue weighted by atomic mass is 32.1. The molecule has 7 heteroatoms. The van der Waals surface area contributed by atoms with E-state index in [9.17, 15) is 4.79 Å². The number of ether oxygens (including phenoxy) is 2. The van der Waals surface area contributed by atoms with Gasteiger partial charge >= 0.3 is 0 Å². The molecule has 108 valence electrons. The molecule has 0 unspecified atom stereocenters. The van der Waals surface area contributed by atoms with Gasteiger partial charge in [-0.25, -0.2) is 5.01 Å². The van der Waals surface area contributed by atoms with Gasteiger partial charge in [0.05, 0.1) is 20.3 Å². The maximum atomic E-state index is 12.0. The molecule has 1 fully saturated rings. The Kier molecular flexibility index (Phi) is 5.28. The molecule has 0 radical (unpaired) electrons. The van der Waals surface area contributed by atoms with Crippen LogP contribution in [0.2, 0.25) is 0 Å². The van der Waals surface area contributed by atoms with E-state index < -0.39 is 0 Å². The van der Waals surface area contributed by atoms with E-state index >= 15 is 0 Å². The van der Waals surface area contributed by atoms with Crippen LogP contribution in [-0.4, -0.2) is 49.4 Å². The van der Waals surface area contributed by atoms with Crippen LogP contribution < -0.4 is 15.5 Å². The van der Waals surface area contributed by atoms with Gasteiger partial charge in [0, 0.05) is 18.7 Å². The van der Waals surface area contributed by atoms with Gasteiger partial charge in [0.15, 0.2) is 5.11 Å². The third-order valence-electron chi connectivity index (χ3n) is 2.83. The van der Waals surface area contributed by atoms with E-state index in [-0.39, 0.29) is 11.0 Å². The summed E-state index contributed by atoms with van der Waals surface area (Å²) in [5.41, 5.74) is 3.47. The number of methoxy groups -OCH3 is 1. The van der Waals surface area contributed by atoms with Crippen LogP contribution in [0.5, 0.6) is 5.75 Å². The number of amides is 1. The van der Waals surface area contributed by atoms with Crippen LogP contribution in [0.4, 0.5) is 0 Å². The van der Waals surface area contributed by atoms with E-state index in [4.69, 9.17) is 21.7 Å². The molecule has 1 aromatic rings. The number of carbonyl (C=O) groups excluding carboxylic acids is 1. The first kappa shape index (κ1) is 14.7. The van der Waals surface area contributed by atoms with Crippen molar-refractivity contribution in [1.82, 2.24) is 15.8 Å². The zero-order chi connectivity index (χ0) is 14.4. The van der Waals surface area contributed by atoms with Crippen molar-refractivity contribution in [3.63, 3.8) is 0 Å². The number of hydrogen-bond acceptors (Lipinski definition) is 5. The molecular weight excluding hydrogens is 278 g/mol. The van der Waals surface area contributed by atoms with Crippen LogP contribution in [0.3, 0.4) is 0 Å². The molecule has 0 aromatic heterocycles. The Morgan fingerprint density at radius 2 is 2.15 bits per heavy atom. The highest BCUT2D eigenvalue weighted by molar-refractivity contribution is 7.80. The minimum absolute atomic E-state index is 0.269. The van der Waals surface area contributed by atoms with Gasteiger partial charge in [-0.2, -0.15) is 0 Å². The summed E-state index contributed by atoms with van der Waals surface area (Å²) >= 11 is 5.12. The summed E-state index contributed by atoms with van der Waals surface area (Å²) < 4.78 is 10.3. The Bertz CT molecular complexity index is 490. The third kappa shape index (κ3) is 4.16. The number of morpholine rings is 1. The van der Waals surface area contributed by atoms with Crippen molar-refractivity contribution in [3.8, 4) is 5.75 Å². The first-order valence-electron chi connectivity index (χ1n) is 6.28. The summed E-state index contributed by atoms with van der Waals surface area (Å²) in [5.74, 6) is 0.361. The Hall–Kier alpha value is -1.70. The molecule has 0 aliphatic carbocycles. The number of carbonyl (C=O) groups is 1. The fourth-order valence-electron chi connectivity index (χ4n) is 1.79. The third-order valence-corrected chi connectivity index (χ3v) is 3.02. The molecular formula is C13H17N3O3S. The minimum Gasteiger partial charge on any atom is -0.497 e. The molecule has 0 saturated carbocycles. The lowest BCUT2D eigenvalue weighted by Gasteiger charge is -2.27. The average Bonchev–Trinajstić information content (AvgIpc) is 2.48. The molecule has 0 bridgehead atoms. The quantitative estimate of drug-likeness (QED) is 0.794. The van der Waals surface area contributed by atoms with Crippen LogP contribution >= 0.6 is 12.2 Å². The fraction of sp³-hybridized carbons (Fsp3) is 0.385. The molecule has 2 rings (SSSR count). The SMILES string of the molecule is COc1cccc(C(=O)NC(=S)NN2CCOCC2)c1. The Morgan fingerprint density at radius 3 is 2.85 bits per heavy atom. The topological polar surface area (TPSA) is 62.8 Å². The van der Waals surface area contributed by atoms with Gasteiger partial charge in [-0.15, -0.1) is 0 Å². The number of benzene rings is 1. The van der Waals surface area contributed by atoms with E-state index in [1.807, 2.05) is 5.01 Å². The molecule has 1 amide bonds. The molecule has 1 saturated heterocycles. The van der Waals surface area contributed by atoms with E-state index in [0.29, 0.717) is 24.5 Å². The molecule has 1 aliphatic heterocycles. The molecule has 0 atom stereocenters. The molecule has 2 N–H and O–H groups in total. The van der Waals surface area contributed by atoms with Crippen LogP contribution in [0, 0.1) is 0 Å². The van der Waals surface area contributed by atoms with Crippen molar-refractivity contribution >= 4 is 23.2 Å². The van der Waals surface area contributed by atoms with Crippen molar-refractivity contribution in [2.75, 3.05) is 33.4 Å². The van der Waals surface area contributed by atoms with Crippen LogP contribution in [0.25, 0.3) is 0 Å². The Balaban J connectivity index is 1.88. The summed E-state index contributed by atoms with van der Waals surface area (Å²) in [6, 6.07) is 6.90. The predicted molar refractivity (Wildman–Crippen MR) is 78.6 cm³/mol. The monoisotopic (exact) mass is 295 g/mol. The smallest absolute Gasteiger partial charge is 0.257 e. The predicted octanol–water partition coefficient (Wildman–Crippen LogP) is 0.547. The number of nitrogens with zero attached hydrogens (tertiary/aromatic N) is 1. The Morgan fingerprint density at radius 1 is 1.40 bits per heavy atom. The Labute approximate surface area is 123 Å². The zero-order valence-corrected chi connectivity index (χ0v) is 12.0. The first-order valence-corrected chi connectivity index (χ1v) is 6.68. The molecule has 1 heterocycles. The normalized spacial score (nSPS) is 15.4. The van der Waals surface area contributed by atoms with Crippen molar-refractivity contribution < 1.29 is 14.3 Å². The van der Waals surface area contributed by atoms with E-state index in [1.165, 1.54) is 0 Å². The minimum atomic E-state index is -0.269. The second kappa shape index (κ2) is 7.18. The second-order valence-electron chi connectivity index (χ2n) is 4.23. The highest BCUT2D eigenvalue weighted by Crippen LogP contribution is 2.12. The number of thiocarbonyl (C=S) groups is 1. The van der Waals surface area contributed by atoms with Gasteiger partial charge in [-0.05, 0) is 30.4 Å². The lowest BCUT2D eigenvalue weighted by atomic mass is 10.2. The number of hydrogen-bond donors (Lipinski definition) is 2. The highest BCUT2D eigenvalue weighted by Gasteiger charge is 2.13. The van der Waals surface area contributed by atoms with Gasteiger partial charge in [0.1, 0.15) is 5.75 Å². The fourth-order valence-corrected chi connectivity index (χ4v) is 2.01. The van der Waals surface area contributed by atoms with Crippen LogP contribution in [-0.2, 0) is 4.74 Å². The zero-order valence-electron chi connectivity index (χ0n) is 11.2.